The number of amides is 1. The van der Waals surface area contributed by atoms with Crippen LogP contribution in [0.15, 0.2) is 30.3 Å². The summed E-state index contributed by atoms with van der Waals surface area (Å²) in [4.78, 5) is 11.8. The number of benzene rings is 1. The average Bonchev–Trinajstić information content (AvgIpc) is 2.37. The number of hydrogen-bond donors (Lipinski definition) is 2. The smallest absolute Gasteiger partial charge is 0.237 e. The van der Waals surface area contributed by atoms with Crippen molar-refractivity contribution in [1.82, 2.24) is 5.32 Å². The van der Waals surface area contributed by atoms with E-state index in [9.17, 15) is 4.79 Å². The van der Waals surface area contributed by atoms with E-state index in [1.54, 1.807) is 13.8 Å². The molecular formula is C14H19N3O. The van der Waals surface area contributed by atoms with E-state index in [1.165, 1.54) is 0 Å². The Kier molecular flexibility index (Phi) is 4.87. The lowest BCUT2D eigenvalue weighted by atomic mass is 9.96. The van der Waals surface area contributed by atoms with Crippen LogP contribution in [0.25, 0.3) is 0 Å². The fraction of sp³-hybridized carbons (Fsp3) is 0.429. The molecule has 0 aromatic heterocycles. The normalized spacial score (nSPS) is 12.6. The van der Waals surface area contributed by atoms with E-state index in [2.05, 4.69) is 11.4 Å². The maximum absolute atomic E-state index is 11.8. The lowest BCUT2D eigenvalue weighted by molar-refractivity contribution is -0.122. The standard InChI is InChI=1S/C14H19N3O/c1-14(2,9-15)10-17-13(18)12(16)8-11-6-4-3-5-7-11/h3-7,12H,8,10,16H2,1-2H3,(H,17,18)/t12-/m0/s1. The van der Waals surface area contributed by atoms with Crippen LogP contribution >= 0.6 is 0 Å². The number of carbonyl (C=O) groups excluding carboxylic acids is 1. The Morgan fingerprint density at radius 1 is 1.44 bits per heavy atom. The minimum Gasteiger partial charge on any atom is -0.353 e. The molecule has 0 unspecified atom stereocenters. The minimum absolute atomic E-state index is 0.220. The second-order valence-electron chi connectivity index (χ2n) is 5.01. The summed E-state index contributed by atoms with van der Waals surface area (Å²) in [7, 11) is 0. The molecule has 4 nitrogen and oxygen atoms in total. The van der Waals surface area contributed by atoms with E-state index in [-0.39, 0.29) is 5.91 Å². The summed E-state index contributed by atoms with van der Waals surface area (Å²) in [6.45, 7) is 3.86. The monoisotopic (exact) mass is 245 g/mol. The van der Waals surface area contributed by atoms with Gasteiger partial charge in [-0.2, -0.15) is 5.26 Å². The van der Waals surface area contributed by atoms with Gasteiger partial charge < -0.3 is 11.1 Å². The number of rotatable bonds is 5. The fourth-order valence-corrected chi connectivity index (χ4v) is 1.44. The third-order valence-corrected chi connectivity index (χ3v) is 2.64. The van der Waals surface area contributed by atoms with Gasteiger partial charge in [-0.25, -0.2) is 0 Å². The first-order chi connectivity index (χ1) is 8.44. The summed E-state index contributed by atoms with van der Waals surface area (Å²) in [5, 5.41) is 11.6. The van der Waals surface area contributed by atoms with Crippen LogP contribution in [0.1, 0.15) is 19.4 Å². The zero-order valence-corrected chi connectivity index (χ0v) is 10.8. The zero-order chi connectivity index (χ0) is 13.6. The first-order valence-corrected chi connectivity index (χ1v) is 5.93. The van der Waals surface area contributed by atoms with E-state index in [4.69, 9.17) is 11.0 Å². The van der Waals surface area contributed by atoms with Gasteiger partial charge in [0.2, 0.25) is 5.91 Å². The van der Waals surface area contributed by atoms with Crippen molar-refractivity contribution in [1.29, 1.82) is 5.26 Å². The van der Waals surface area contributed by atoms with Gasteiger partial charge in [0, 0.05) is 6.54 Å². The maximum atomic E-state index is 11.8. The molecule has 96 valence electrons. The van der Waals surface area contributed by atoms with E-state index in [0.717, 1.165) is 5.56 Å². The molecular weight excluding hydrogens is 226 g/mol. The Balaban J connectivity index is 2.46. The molecule has 4 heteroatoms. The van der Waals surface area contributed by atoms with Gasteiger partial charge in [-0.05, 0) is 25.8 Å². The highest BCUT2D eigenvalue weighted by Gasteiger charge is 2.20. The Bertz CT molecular complexity index is 434. The van der Waals surface area contributed by atoms with E-state index >= 15 is 0 Å². The van der Waals surface area contributed by atoms with Gasteiger partial charge in [0.25, 0.3) is 0 Å². The second kappa shape index (κ2) is 6.18. The number of nitrogens with zero attached hydrogens (tertiary/aromatic N) is 1. The molecule has 3 N–H and O–H groups in total. The van der Waals surface area contributed by atoms with Crippen molar-refractivity contribution < 1.29 is 4.79 Å². The molecule has 0 bridgehead atoms. The molecule has 1 aromatic rings. The Morgan fingerprint density at radius 2 is 2.06 bits per heavy atom. The molecule has 1 amide bonds. The third-order valence-electron chi connectivity index (χ3n) is 2.64. The van der Waals surface area contributed by atoms with Crippen LogP contribution in [0.2, 0.25) is 0 Å². The van der Waals surface area contributed by atoms with Gasteiger partial charge in [-0.3, -0.25) is 4.79 Å². The Hall–Kier alpha value is -1.86. The lowest BCUT2D eigenvalue weighted by Crippen LogP contribution is -2.44. The van der Waals surface area contributed by atoms with E-state index < -0.39 is 11.5 Å². The topological polar surface area (TPSA) is 78.9 Å². The van der Waals surface area contributed by atoms with Crippen LogP contribution in [0.5, 0.6) is 0 Å². The van der Waals surface area contributed by atoms with Gasteiger partial charge in [0.05, 0.1) is 17.5 Å². The maximum Gasteiger partial charge on any atom is 0.237 e. The van der Waals surface area contributed by atoms with Crippen molar-refractivity contribution in [3.05, 3.63) is 35.9 Å². The van der Waals surface area contributed by atoms with Crippen LogP contribution in [-0.4, -0.2) is 18.5 Å². The Morgan fingerprint density at radius 3 is 2.61 bits per heavy atom. The summed E-state index contributed by atoms with van der Waals surface area (Å²) in [5.74, 6) is -0.220. The summed E-state index contributed by atoms with van der Waals surface area (Å²) >= 11 is 0. The zero-order valence-electron chi connectivity index (χ0n) is 10.8. The molecule has 0 radical (unpaired) electrons. The fourth-order valence-electron chi connectivity index (χ4n) is 1.44. The molecule has 18 heavy (non-hydrogen) atoms. The van der Waals surface area contributed by atoms with E-state index in [0.29, 0.717) is 13.0 Å². The number of nitriles is 1. The van der Waals surface area contributed by atoms with Crippen LogP contribution in [0, 0.1) is 16.7 Å². The molecule has 0 fully saturated rings. The van der Waals surface area contributed by atoms with Crippen molar-refractivity contribution in [2.75, 3.05) is 6.54 Å². The predicted molar refractivity (Wildman–Crippen MR) is 70.5 cm³/mol. The summed E-state index contributed by atoms with van der Waals surface area (Å²) in [5.41, 5.74) is 6.29. The lowest BCUT2D eigenvalue weighted by Gasteiger charge is -2.18. The molecule has 1 atom stereocenters. The number of nitrogens with two attached hydrogens (primary N) is 1. The first kappa shape index (κ1) is 14.2. The van der Waals surface area contributed by atoms with Crippen LogP contribution in [0.4, 0.5) is 0 Å². The van der Waals surface area contributed by atoms with Crippen LogP contribution < -0.4 is 11.1 Å². The highest BCUT2D eigenvalue weighted by atomic mass is 16.2. The van der Waals surface area contributed by atoms with E-state index in [1.807, 2.05) is 30.3 Å². The summed E-state index contributed by atoms with van der Waals surface area (Å²) in [6.07, 6.45) is 0.500. The summed E-state index contributed by atoms with van der Waals surface area (Å²) in [6, 6.07) is 11.2. The molecule has 0 saturated heterocycles. The van der Waals surface area contributed by atoms with Crippen molar-refractivity contribution in [2.24, 2.45) is 11.1 Å². The van der Waals surface area contributed by atoms with Gasteiger partial charge >= 0.3 is 0 Å². The second-order valence-corrected chi connectivity index (χ2v) is 5.01. The van der Waals surface area contributed by atoms with Crippen molar-refractivity contribution in [3.8, 4) is 6.07 Å². The highest BCUT2D eigenvalue weighted by Crippen LogP contribution is 2.10. The van der Waals surface area contributed by atoms with Gasteiger partial charge in [-0.15, -0.1) is 0 Å². The van der Waals surface area contributed by atoms with Crippen LogP contribution in [0.3, 0.4) is 0 Å². The average molecular weight is 245 g/mol. The largest absolute Gasteiger partial charge is 0.353 e. The molecule has 0 aliphatic rings. The van der Waals surface area contributed by atoms with Crippen molar-refractivity contribution in [3.63, 3.8) is 0 Å². The molecule has 0 aliphatic carbocycles. The number of hydrogen-bond acceptors (Lipinski definition) is 3. The molecule has 0 spiro atoms. The van der Waals surface area contributed by atoms with Gasteiger partial charge in [0.1, 0.15) is 0 Å². The van der Waals surface area contributed by atoms with Crippen molar-refractivity contribution in [2.45, 2.75) is 26.3 Å². The quantitative estimate of drug-likeness (QED) is 0.818. The summed E-state index contributed by atoms with van der Waals surface area (Å²) < 4.78 is 0. The number of carbonyl (C=O) groups is 1. The number of nitrogens with one attached hydrogen (secondary N) is 1. The SMILES string of the molecule is CC(C)(C#N)CNC(=O)[C@@H](N)Cc1ccccc1. The molecule has 0 heterocycles. The molecule has 1 aromatic carbocycles. The minimum atomic E-state index is -0.582. The highest BCUT2D eigenvalue weighted by molar-refractivity contribution is 5.81. The van der Waals surface area contributed by atoms with Gasteiger partial charge in [0.15, 0.2) is 0 Å². The molecule has 0 aliphatic heterocycles. The van der Waals surface area contributed by atoms with Crippen molar-refractivity contribution >= 4 is 5.91 Å². The Labute approximate surface area is 108 Å². The first-order valence-electron chi connectivity index (χ1n) is 5.93. The van der Waals surface area contributed by atoms with Crippen LogP contribution in [-0.2, 0) is 11.2 Å². The van der Waals surface area contributed by atoms with Gasteiger partial charge in [-0.1, -0.05) is 30.3 Å². The predicted octanol–water partition coefficient (Wildman–Crippen LogP) is 1.22. The molecule has 1 rings (SSSR count). The molecule has 0 saturated carbocycles. The third kappa shape index (κ3) is 4.56.